The predicted molar refractivity (Wildman–Crippen MR) is 85.6 cm³/mol. The molecule has 0 spiro atoms. The van der Waals surface area contributed by atoms with E-state index in [0.29, 0.717) is 5.92 Å². The van der Waals surface area contributed by atoms with E-state index in [1.54, 1.807) is 7.05 Å². The normalized spacial score (nSPS) is 36.4. The molecule has 3 nitrogen and oxygen atoms in total. The molecular weight excluding hydrogens is 282 g/mol. The lowest BCUT2D eigenvalue weighted by atomic mass is 9.69. The summed E-state index contributed by atoms with van der Waals surface area (Å²) >= 11 is 0. The second-order valence-electron chi connectivity index (χ2n) is 7.44. The second kappa shape index (κ2) is 4.82. The van der Waals surface area contributed by atoms with Crippen molar-refractivity contribution < 1.29 is 9.32 Å². The third-order valence-corrected chi connectivity index (χ3v) is 7.96. The molecule has 2 bridgehead atoms. The Kier molecular flexibility index (Phi) is 3.45. The Morgan fingerprint density at radius 2 is 1.95 bits per heavy atom. The van der Waals surface area contributed by atoms with E-state index in [-0.39, 0.29) is 17.1 Å². The summed E-state index contributed by atoms with van der Waals surface area (Å²) in [7, 11) is -0.937. The first-order valence-corrected chi connectivity index (χ1v) is 9.38. The van der Waals surface area contributed by atoms with Crippen LogP contribution >= 0.6 is 0 Å². The highest BCUT2D eigenvalue weighted by atomic mass is 32.2. The third-order valence-electron chi connectivity index (χ3n) is 5.47. The molecular formula is C17H25NO2S. The first-order chi connectivity index (χ1) is 9.79. The molecule has 4 heteroatoms. The number of hydrogen-bond donors (Lipinski definition) is 1. The lowest BCUT2D eigenvalue weighted by molar-refractivity contribution is -0.0423. The van der Waals surface area contributed by atoms with Gasteiger partial charge in [-0.05, 0) is 48.6 Å². The molecule has 0 aromatic heterocycles. The minimum atomic E-state index is -2.55. The first kappa shape index (κ1) is 15.0. The van der Waals surface area contributed by atoms with Crippen molar-refractivity contribution in [1.82, 2.24) is 0 Å². The molecule has 1 N–H and O–H groups in total. The molecule has 21 heavy (non-hydrogen) atoms. The summed E-state index contributed by atoms with van der Waals surface area (Å²) in [5, 5.41) is 11.2. The van der Waals surface area contributed by atoms with Gasteiger partial charge in [0.05, 0.1) is 21.1 Å². The van der Waals surface area contributed by atoms with Gasteiger partial charge in [-0.3, -0.25) is 0 Å². The molecule has 2 fully saturated rings. The highest BCUT2D eigenvalue weighted by Gasteiger charge is 2.59. The van der Waals surface area contributed by atoms with Crippen LogP contribution in [0.4, 0.5) is 0 Å². The zero-order valence-corrected chi connectivity index (χ0v) is 13.9. The molecule has 0 aliphatic heterocycles. The van der Waals surface area contributed by atoms with Gasteiger partial charge in [0.1, 0.15) is 0 Å². The molecule has 4 atom stereocenters. The van der Waals surface area contributed by atoms with E-state index >= 15 is 0 Å². The summed E-state index contributed by atoms with van der Waals surface area (Å²) in [6.45, 7) is 4.46. The van der Waals surface area contributed by atoms with Gasteiger partial charge in [-0.25, -0.2) is 8.57 Å². The molecule has 2 aliphatic rings. The van der Waals surface area contributed by atoms with Crippen molar-refractivity contribution in [3.05, 3.63) is 30.3 Å². The lowest BCUT2D eigenvalue weighted by Crippen LogP contribution is -2.48. The number of aliphatic hydroxyl groups is 1. The first-order valence-electron chi connectivity index (χ1n) is 7.69. The summed E-state index contributed by atoms with van der Waals surface area (Å²) in [4.78, 5) is 0.738. The van der Waals surface area contributed by atoms with Crippen molar-refractivity contribution in [2.75, 3.05) is 12.8 Å². The van der Waals surface area contributed by atoms with Crippen molar-refractivity contribution in [2.45, 2.75) is 43.6 Å². The van der Waals surface area contributed by atoms with Crippen LogP contribution in [0.5, 0.6) is 0 Å². The smallest absolute Gasteiger partial charge is 0.0810 e. The number of hydrogen-bond acceptors (Lipinski definition) is 3. The molecule has 0 saturated heterocycles. The summed E-state index contributed by atoms with van der Waals surface area (Å²) < 4.78 is 17.5. The molecule has 0 radical (unpaired) electrons. The molecule has 1 aromatic carbocycles. The van der Waals surface area contributed by atoms with E-state index in [2.05, 4.69) is 18.2 Å². The maximum Gasteiger partial charge on any atom is 0.0810 e. The quantitative estimate of drug-likeness (QED) is 0.931. The van der Waals surface area contributed by atoms with E-state index in [4.69, 9.17) is 0 Å². The maximum atomic E-state index is 13.3. The zero-order chi connectivity index (χ0) is 15.3. The largest absolute Gasteiger partial charge is 0.389 e. The van der Waals surface area contributed by atoms with Crippen LogP contribution in [-0.4, -0.2) is 27.7 Å². The standard InChI is InChI=1S/C17H25NO2S/c1-16(2)10-13-9-15(16)17(19,11-13)12-21(20,18-3)14-7-5-4-6-8-14/h4-8,13,15,19H,9-12H2,1-3H3. The maximum absolute atomic E-state index is 13.3. The van der Waals surface area contributed by atoms with Crippen LogP contribution in [0.2, 0.25) is 0 Å². The van der Waals surface area contributed by atoms with Crippen molar-refractivity contribution in [3.63, 3.8) is 0 Å². The highest BCUT2D eigenvalue weighted by molar-refractivity contribution is 7.93. The van der Waals surface area contributed by atoms with Crippen LogP contribution < -0.4 is 0 Å². The number of benzene rings is 1. The molecule has 0 heterocycles. The Bertz CT molecular complexity index is 646. The van der Waals surface area contributed by atoms with Crippen molar-refractivity contribution in [3.8, 4) is 0 Å². The van der Waals surface area contributed by atoms with Crippen LogP contribution in [0.15, 0.2) is 39.6 Å². The Morgan fingerprint density at radius 3 is 2.48 bits per heavy atom. The fraction of sp³-hybridized carbons (Fsp3) is 0.647. The van der Waals surface area contributed by atoms with Gasteiger partial charge < -0.3 is 5.11 Å². The molecule has 1 aromatic rings. The van der Waals surface area contributed by atoms with Crippen LogP contribution in [0.25, 0.3) is 0 Å². The Balaban J connectivity index is 1.94. The van der Waals surface area contributed by atoms with Crippen molar-refractivity contribution in [2.24, 2.45) is 21.6 Å². The van der Waals surface area contributed by atoms with E-state index in [1.165, 1.54) is 6.42 Å². The van der Waals surface area contributed by atoms with E-state index in [1.807, 2.05) is 30.3 Å². The fourth-order valence-corrected chi connectivity index (χ4v) is 6.84. The van der Waals surface area contributed by atoms with Gasteiger partial charge >= 0.3 is 0 Å². The third kappa shape index (κ3) is 2.42. The van der Waals surface area contributed by atoms with Crippen LogP contribution in [0.1, 0.15) is 33.1 Å². The van der Waals surface area contributed by atoms with Crippen LogP contribution in [-0.2, 0) is 9.73 Å². The van der Waals surface area contributed by atoms with Gasteiger partial charge in [-0.2, -0.15) is 0 Å². The van der Waals surface area contributed by atoms with E-state index in [0.717, 1.165) is 17.7 Å². The van der Waals surface area contributed by atoms with E-state index < -0.39 is 15.3 Å². The lowest BCUT2D eigenvalue weighted by Gasteiger charge is -2.42. The van der Waals surface area contributed by atoms with Crippen molar-refractivity contribution >= 4 is 9.73 Å². The Labute approximate surface area is 128 Å². The van der Waals surface area contributed by atoms with Gasteiger partial charge in [0.25, 0.3) is 0 Å². The minimum absolute atomic E-state index is 0.141. The number of rotatable bonds is 3. The van der Waals surface area contributed by atoms with E-state index in [9.17, 15) is 9.32 Å². The molecule has 0 amide bonds. The van der Waals surface area contributed by atoms with Gasteiger partial charge in [-0.1, -0.05) is 32.0 Å². The summed E-state index contributed by atoms with van der Waals surface area (Å²) in [5.41, 5.74) is -0.693. The SMILES string of the molecule is CN=S(=O)(CC1(O)CC2CC1C(C)(C)C2)c1ccccc1. The Morgan fingerprint density at radius 1 is 1.29 bits per heavy atom. The number of fused-ring (bicyclic) bond motifs is 2. The fourth-order valence-electron chi connectivity index (χ4n) is 4.75. The second-order valence-corrected chi connectivity index (χ2v) is 9.84. The van der Waals surface area contributed by atoms with Gasteiger partial charge in [0.15, 0.2) is 0 Å². The van der Waals surface area contributed by atoms with Gasteiger partial charge in [-0.15, -0.1) is 0 Å². The van der Waals surface area contributed by atoms with Crippen LogP contribution in [0.3, 0.4) is 0 Å². The topological polar surface area (TPSA) is 49.7 Å². The summed E-state index contributed by atoms with van der Waals surface area (Å²) in [6.07, 6.45) is 3.02. The van der Waals surface area contributed by atoms with Crippen molar-refractivity contribution in [1.29, 1.82) is 0 Å². The van der Waals surface area contributed by atoms with Gasteiger partial charge in [0.2, 0.25) is 0 Å². The number of nitrogens with zero attached hydrogens (tertiary/aromatic N) is 1. The zero-order valence-electron chi connectivity index (χ0n) is 13.1. The monoisotopic (exact) mass is 307 g/mol. The Hall–Kier alpha value is -0.870. The molecule has 2 saturated carbocycles. The van der Waals surface area contributed by atoms with Gasteiger partial charge in [0, 0.05) is 11.9 Å². The molecule has 116 valence electrons. The highest BCUT2D eigenvalue weighted by Crippen LogP contribution is 2.60. The molecule has 2 aliphatic carbocycles. The average molecular weight is 307 g/mol. The molecule has 3 rings (SSSR count). The summed E-state index contributed by atoms with van der Waals surface area (Å²) in [6, 6.07) is 9.40. The van der Waals surface area contributed by atoms with Crippen LogP contribution in [0, 0.1) is 17.3 Å². The minimum Gasteiger partial charge on any atom is -0.389 e. The average Bonchev–Trinajstić information content (AvgIpc) is 2.91. The summed E-state index contributed by atoms with van der Waals surface area (Å²) in [5.74, 6) is 1.08. The molecule has 4 unspecified atom stereocenters. The predicted octanol–water partition coefficient (Wildman–Crippen LogP) is 3.33.